The highest BCUT2D eigenvalue weighted by atomic mass is 14.9. The Balaban J connectivity index is 1.17. The summed E-state index contributed by atoms with van der Waals surface area (Å²) in [5.41, 5.74) is 10.7. The van der Waals surface area contributed by atoms with Crippen molar-refractivity contribution in [3.63, 3.8) is 0 Å². The van der Waals surface area contributed by atoms with Crippen LogP contribution in [0.25, 0.3) is 65.7 Å². The molecule has 0 aliphatic carbocycles. The lowest BCUT2D eigenvalue weighted by Gasteiger charge is -2.15. The molecule has 0 aliphatic heterocycles. The number of hydrogen-bond donors (Lipinski definition) is 1. The van der Waals surface area contributed by atoms with Gasteiger partial charge in [-0.2, -0.15) is 0 Å². The lowest BCUT2D eigenvalue weighted by molar-refractivity contribution is 1.45. The molecule has 1 nitrogen and oxygen atoms in total. The molecular formula is C43H31N. The van der Waals surface area contributed by atoms with Crippen LogP contribution in [-0.4, -0.2) is 0 Å². The summed E-state index contributed by atoms with van der Waals surface area (Å²) in [6.45, 7) is 2.17. The van der Waals surface area contributed by atoms with Crippen LogP contribution < -0.4 is 5.32 Å². The van der Waals surface area contributed by atoms with Crippen LogP contribution in [0.15, 0.2) is 164 Å². The van der Waals surface area contributed by atoms with Crippen LogP contribution in [-0.2, 0) is 0 Å². The van der Waals surface area contributed by atoms with Crippen molar-refractivity contribution in [2.24, 2.45) is 0 Å². The highest BCUT2D eigenvalue weighted by molar-refractivity contribution is 6.25. The third kappa shape index (κ3) is 4.60. The minimum Gasteiger partial charge on any atom is -0.355 e. The van der Waals surface area contributed by atoms with E-state index in [9.17, 15) is 0 Å². The molecular weight excluding hydrogens is 530 g/mol. The number of hydrogen-bond acceptors (Lipinski definition) is 1. The van der Waals surface area contributed by atoms with Crippen LogP contribution in [0.4, 0.5) is 11.4 Å². The highest BCUT2D eigenvalue weighted by Crippen LogP contribution is 2.38. The maximum atomic E-state index is 3.71. The van der Waals surface area contributed by atoms with Crippen LogP contribution >= 0.6 is 0 Å². The zero-order valence-corrected chi connectivity index (χ0v) is 24.6. The minimum absolute atomic E-state index is 1.07. The molecule has 1 heteroatoms. The number of anilines is 2. The van der Waals surface area contributed by atoms with Crippen molar-refractivity contribution in [1.29, 1.82) is 0 Å². The van der Waals surface area contributed by atoms with Gasteiger partial charge in [-0.1, -0.05) is 133 Å². The van der Waals surface area contributed by atoms with E-state index in [1.54, 1.807) is 0 Å². The van der Waals surface area contributed by atoms with Crippen molar-refractivity contribution in [3.8, 4) is 33.4 Å². The molecule has 0 atom stereocenters. The zero-order valence-electron chi connectivity index (χ0n) is 24.6. The summed E-state index contributed by atoms with van der Waals surface area (Å²) in [6, 6.07) is 59.1. The average Bonchev–Trinajstić information content (AvgIpc) is 3.09. The number of nitrogens with one attached hydrogen (secondary N) is 1. The van der Waals surface area contributed by atoms with Gasteiger partial charge in [0.2, 0.25) is 0 Å². The van der Waals surface area contributed by atoms with Gasteiger partial charge >= 0.3 is 0 Å². The quantitative estimate of drug-likeness (QED) is 0.206. The Morgan fingerprint density at radius 1 is 0.341 bits per heavy atom. The average molecular weight is 562 g/mol. The van der Waals surface area contributed by atoms with Crippen molar-refractivity contribution in [1.82, 2.24) is 0 Å². The minimum atomic E-state index is 1.07. The van der Waals surface area contributed by atoms with Gasteiger partial charge in [0.05, 0.1) is 0 Å². The van der Waals surface area contributed by atoms with Gasteiger partial charge in [0.25, 0.3) is 0 Å². The second-order valence-electron chi connectivity index (χ2n) is 11.5. The van der Waals surface area contributed by atoms with Crippen molar-refractivity contribution in [2.45, 2.75) is 6.92 Å². The molecule has 0 unspecified atom stereocenters. The van der Waals surface area contributed by atoms with Gasteiger partial charge in [-0.05, 0) is 103 Å². The Morgan fingerprint density at radius 2 is 0.841 bits per heavy atom. The second-order valence-corrected chi connectivity index (χ2v) is 11.5. The molecule has 44 heavy (non-hydrogen) atoms. The Labute approximate surface area is 258 Å². The molecule has 0 spiro atoms. The zero-order chi connectivity index (χ0) is 29.5. The maximum absolute atomic E-state index is 3.71. The number of aryl methyl sites for hydroxylation is 1. The molecule has 8 aromatic carbocycles. The SMILES string of the molecule is Cc1ccccc1-c1ccccc1Nc1cccc(-c2cccc(-c3ccc4c5ccccc5c5ccccc5c4c3)c2)c1. The van der Waals surface area contributed by atoms with E-state index in [1.165, 1.54) is 71.3 Å². The molecule has 0 aromatic heterocycles. The first-order valence-electron chi connectivity index (χ1n) is 15.2. The van der Waals surface area contributed by atoms with Crippen molar-refractivity contribution in [2.75, 3.05) is 5.32 Å². The number of rotatable bonds is 5. The molecule has 0 aliphatic rings. The smallest absolute Gasteiger partial charge is 0.0464 e. The van der Waals surface area contributed by atoms with Crippen molar-refractivity contribution in [3.05, 3.63) is 169 Å². The third-order valence-electron chi connectivity index (χ3n) is 8.78. The summed E-state index contributed by atoms with van der Waals surface area (Å²) >= 11 is 0. The highest BCUT2D eigenvalue weighted by Gasteiger charge is 2.11. The fraction of sp³-hybridized carbons (Fsp3) is 0.0233. The summed E-state index contributed by atoms with van der Waals surface area (Å²) in [4.78, 5) is 0. The molecule has 0 saturated heterocycles. The number of benzene rings is 8. The van der Waals surface area contributed by atoms with Gasteiger partial charge in [0.1, 0.15) is 0 Å². The summed E-state index contributed by atoms with van der Waals surface area (Å²) in [5.74, 6) is 0. The standard InChI is InChI=1S/C43H31N/c1-29-12-2-3-17-35(29)41-22-8-9-23-43(41)44-34-16-11-15-32(27-34)30-13-10-14-31(26-30)33-24-25-40-38-20-5-4-18-36(38)37-19-6-7-21-39(37)42(40)28-33/h2-28,44H,1H3. The fourth-order valence-electron chi connectivity index (χ4n) is 6.60. The summed E-state index contributed by atoms with van der Waals surface area (Å²) < 4.78 is 0. The van der Waals surface area contributed by atoms with Gasteiger partial charge in [0, 0.05) is 16.9 Å². The Hall–Kier alpha value is -5.66. The first-order chi connectivity index (χ1) is 21.7. The lowest BCUT2D eigenvalue weighted by Crippen LogP contribution is -1.94. The molecule has 8 rings (SSSR count). The van der Waals surface area contributed by atoms with Crippen LogP contribution in [0.1, 0.15) is 5.56 Å². The van der Waals surface area contributed by atoms with Crippen LogP contribution in [0, 0.1) is 6.92 Å². The van der Waals surface area contributed by atoms with E-state index < -0.39 is 0 Å². The van der Waals surface area contributed by atoms with Gasteiger partial charge < -0.3 is 5.32 Å². The monoisotopic (exact) mass is 561 g/mol. The van der Waals surface area contributed by atoms with Crippen LogP contribution in [0.2, 0.25) is 0 Å². The number of para-hydroxylation sites is 1. The van der Waals surface area contributed by atoms with Gasteiger partial charge in [-0.3, -0.25) is 0 Å². The Bertz CT molecular complexity index is 2290. The lowest BCUT2D eigenvalue weighted by atomic mass is 9.91. The first kappa shape index (κ1) is 26.0. The third-order valence-corrected chi connectivity index (χ3v) is 8.78. The van der Waals surface area contributed by atoms with E-state index in [4.69, 9.17) is 0 Å². The molecule has 0 heterocycles. The predicted molar refractivity (Wildman–Crippen MR) is 190 cm³/mol. The normalized spacial score (nSPS) is 11.3. The molecule has 0 fully saturated rings. The number of fused-ring (bicyclic) bond motifs is 6. The molecule has 1 N–H and O–H groups in total. The topological polar surface area (TPSA) is 12.0 Å². The van der Waals surface area contributed by atoms with E-state index in [1.807, 2.05) is 0 Å². The summed E-state index contributed by atoms with van der Waals surface area (Å²) in [6.07, 6.45) is 0. The Morgan fingerprint density at radius 3 is 1.52 bits per heavy atom. The molecule has 8 aromatic rings. The van der Waals surface area contributed by atoms with Crippen molar-refractivity contribution < 1.29 is 0 Å². The maximum Gasteiger partial charge on any atom is 0.0464 e. The summed E-state index contributed by atoms with van der Waals surface area (Å²) in [7, 11) is 0. The van der Waals surface area contributed by atoms with Crippen molar-refractivity contribution >= 4 is 43.7 Å². The summed E-state index contributed by atoms with van der Waals surface area (Å²) in [5, 5.41) is 11.5. The van der Waals surface area contributed by atoms with Gasteiger partial charge in [-0.25, -0.2) is 0 Å². The van der Waals surface area contributed by atoms with Gasteiger partial charge in [-0.15, -0.1) is 0 Å². The van der Waals surface area contributed by atoms with E-state index in [0.717, 1.165) is 11.4 Å². The van der Waals surface area contributed by atoms with E-state index in [2.05, 4.69) is 176 Å². The molecule has 0 bridgehead atoms. The first-order valence-corrected chi connectivity index (χ1v) is 15.2. The molecule has 208 valence electrons. The Kier molecular flexibility index (Phi) is 6.43. The molecule has 0 amide bonds. The van der Waals surface area contributed by atoms with E-state index >= 15 is 0 Å². The van der Waals surface area contributed by atoms with E-state index in [0.29, 0.717) is 0 Å². The molecule has 0 saturated carbocycles. The van der Waals surface area contributed by atoms with E-state index in [-0.39, 0.29) is 0 Å². The predicted octanol–water partition coefficient (Wildman–Crippen LogP) is 12.2. The fourth-order valence-corrected chi connectivity index (χ4v) is 6.60. The second kappa shape index (κ2) is 10.9. The van der Waals surface area contributed by atoms with Crippen LogP contribution in [0.5, 0.6) is 0 Å². The van der Waals surface area contributed by atoms with Crippen LogP contribution in [0.3, 0.4) is 0 Å². The van der Waals surface area contributed by atoms with Gasteiger partial charge in [0.15, 0.2) is 0 Å². The molecule has 0 radical (unpaired) electrons. The largest absolute Gasteiger partial charge is 0.355 e.